The number of aliphatic hydroxyl groups excluding tert-OH is 1. The standard InChI is InChI=1S/C20H19N3O2/c24-19-12-23(20(25)18-7-9-21-13-22-18)10-8-17(19)16-6-5-14-3-1-2-4-15(14)11-16/h1-7,9,11,13,17,19,24H,8,10,12H2/t17-,19+/m0/s1. The first kappa shape index (κ1) is 15.7. The molecule has 1 saturated heterocycles. The van der Waals surface area contributed by atoms with Crippen LogP contribution in [0.2, 0.25) is 0 Å². The normalized spacial score (nSPS) is 20.6. The van der Waals surface area contributed by atoms with Gasteiger partial charge < -0.3 is 10.0 Å². The second-order valence-electron chi connectivity index (χ2n) is 6.41. The van der Waals surface area contributed by atoms with Crippen LogP contribution in [0.5, 0.6) is 0 Å². The maximum atomic E-state index is 12.5. The molecule has 2 aromatic carbocycles. The summed E-state index contributed by atoms with van der Waals surface area (Å²) in [6, 6.07) is 16.1. The zero-order valence-electron chi connectivity index (χ0n) is 13.7. The van der Waals surface area contributed by atoms with Crippen LogP contribution in [0.3, 0.4) is 0 Å². The number of carbonyl (C=O) groups excluding carboxylic acids is 1. The van der Waals surface area contributed by atoms with Gasteiger partial charge in [0.15, 0.2) is 0 Å². The Morgan fingerprint density at radius 3 is 2.72 bits per heavy atom. The monoisotopic (exact) mass is 333 g/mol. The van der Waals surface area contributed by atoms with E-state index < -0.39 is 6.10 Å². The molecule has 126 valence electrons. The van der Waals surface area contributed by atoms with Crippen LogP contribution >= 0.6 is 0 Å². The van der Waals surface area contributed by atoms with Gasteiger partial charge in [0, 0.05) is 25.2 Å². The summed E-state index contributed by atoms with van der Waals surface area (Å²) in [7, 11) is 0. The average Bonchev–Trinajstić information content (AvgIpc) is 2.67. The van der Waals surface area contributed by atoms with E-state index in [2.05, 4.69) is 40.3 Å². The van der Waals surface area contributed by atoms with Gasteiger partial charge in [0.25, 0.3) is 5.91 Å². The highest BCUT2D eigenvalue weighted by molar-refractivity contribution is 5.92. The predicted octanol–water partition coefficient (Wildman–Crippen LogP) is 2.62. The highest BCUT2D eigenvalue weighted by atomic mass is 16.3. The zero-order valence-corrected chi connectivity index (χ0v) is 13.7. The molecule has 1 aliphatic heterocycles. The molecule has 0 unspecified atom stereocenters. The van der Waals surface area contributed by atoms with Crippen LogP contribution in [0, 0.1) is 0 Å². The maximum absolute atomic E-state index is 12.5. The van der Waals surface area contributed by atoms with Gasteiger partial charge >= 0.3 is 0 Å². The van der Waals surface area contributed by atoms with E-state index in [1.807, 2.05) is 12.1 Å². The van der Waals surface area contributed by atoms with E-state index in [0.29, 0.717) is 18.8 Å². The molecular formula is C20H19N3O2. The lowest BCUT2D eigenvalue weighted by Gasteiger charge is -2.36. The van der Waals surface area contributed by atoms with Crippen molar-refractivity contribution in [1.29, 1.82) is 0 Å². The lowest BCUT2D eigenvalue weighted by molar-refractivity contribution is 0.0378. The molecule has 5 heteroatoms. The van der Waals surface area contributed by atoms with Crippen molar-refractivity contribution in [2.24, 2.45) is 0 Å². The highest BCUT2D eigenvalue weighted by Crippen LogP contribution is 2.31. The Labute approximate surface area is 146 Å². The number of β-amino-alcohol motifs (C(OH)–C–C–N with tert-alkyl or cyclic N) is 1. The van der Waals surface area contributed by atoms with Gasteiger partial charge in [0.1, 0.15) is 12.0 Å². The van der Waals surface area contributed by atoms with Crippen LogP contribution in [0.15, 0.2) is 61.1 Å². The molecule has 0 radical (unpaired) electrons. The summed E-state index contributed by atoms with van der Waals surface area (Å²) in [5.41, 5.74) is 1.49. The summed E-state index contributed by atoms with van der Waals surface area (Å²) in [5.74, 6) is -0.113. The Bertz CT molecular complexity index is 898. The smallest absolute Gasteiger partial charge is 0.272 e. The van der Waals surface area contributed by atoms with Crippen molar-refractivity contribution in [3.63, 3.8) is 0 Å². The summed E-state index contributed by atoms with van der Waals surface area (Å²) in [5, 5.41) is 13.0. The fourth-order valence-electron chi connectivity index (χ4n) is 3.52. The van der Waals surface area contributed by atoms with Crippen molar-refractivity contribution in [1.82, 2.24) is 14.9 Å². The molecule has 5 nitrogen and oxygen atoms in total. The van der Waals surface area contributed by atoms with Gasteiger partial charge in [-0.3, -0.25) is 4.79 Å². The van der Waals surface area contributed by atoms with E-state index in [9.17, 15) is 9.90 Å². The van der Waals surface area contributed by atoms with Crippen molar-refractivity contribution >= 4 is 16.7 Å². The lowest BCUT2D eigenvalue weighted by atomic mass is 9.86. The van der Waals surface area contributed by atoms with Crippen LogP contribution in [0.4, 0.5) is 0 Å². The number of fused-ring (bicyclic) bond motifs is 1. The minimum Gasteiger partial charge on any atom is -0.391 e. The first-order valence-electron chi connectivity index (χ1n) is 8.44. The number of carbonyl (C=O) groups is 1. The van der Waals surface area contributed by atoms with E-state index in [1.54, 1.807) is 17.2 Å². The summed E-state index contributed by atoms with van der Waals surface area (Å²) in [4.78, 5) is 22.0. The van der Waals surface area contributed by atoms with Gasteiger partial charge in [-0.25, -0.2) is 9.97 Å². The topological polar surface area (TPSA) is 66.3 Å². The van der Waals surface area contributed by atoms with Crippen LogP contribution in [-0.4, -0.2) is 45.1 Å². The molecule has 3 aromatic rings. The van der Waals surface area contributed by atoms with Gasteiger partial charge in [0.2, 0.25) is 0 Å². The third-order valence-corrected chi connectivity index (χ3v) is 4.87. The summed E-state index contributed by atoms with van der Waals surface area (Å²) < 4.78 is 0. The SMILES string of the molecule is O=C(c1ccncn1)N1CC[C@@H](c2ccc3ccccc3c2)[C@H](O)C1. The van der Waals surface area contributed by atoms with E-state index in [1.165, 1.54) is 17.1 Å². The molecule has 2 heterocycles. The number of nitrogens with zero attached hydrogens (tertiary/aromatic N) is 3. The van der Waals surface area contributed by atoms with Gasteiger partial charge in [-0.2, -0.15) is 0 Å². The fourth-order valence-corrected chi connectivity index (χ4v) is 3.52. The first-order valence-corrected chi connectivity index (χ1v) is 8.44. The van der Waals surface area contributed by atoms with Gasteiger partial charge in [-0.05, 0) is 28.8 Å². The molecule has 25 heavy (non-hydrogen) atoms. The second-order valence-corrected chi connectivity index (χ2v) is 6.41. The van der Waals surface area contributed by atoms with Gasteiger partial charge in [-0.1, -0.05) is 42.5 Å². The molecule has 0 saturated carbocycles. The van der Waals surface area contributed by atoms with Crippen molar-refractivity contribution in [3.8, 4) is 0 Å². The number of hydrogen-bond acceptors (Lipinski definition) is 4. The number of rotatable bonds is 2. The minimum absolute atomic E-state index is 0.0408. The van der Waals surface area contributed by atoms with Crippen LogP contribution in [-0.2, 0) is 0 Å². The lowest BCUT2D eigenvalue weighted by Crippen LogP contribution is -2.45. The number of piperidine rings is 1. The molecule has 1 aromatic heterocycles. The minimum atomic E-state index is -0.583. The maximum Gasteiger partial charge on any atom is 0.272 e. The molecule has 1 amide bonds. The average molecular weight is 333 g/mol. The van der Waals surface area contributed by atoms with E-state index in [4.69, 9.17) is 0 Å². The number of amides is 1. The Morgan fingerprint density at radius 2 is 1.96 bits per heavy atom. The Balaban J connectivity index is 1.52. The summed E-state index contributed by atoms with van der Waals surface area (Å²) in [6.45, 7) is 0.928. The molecule has 0 spiro atoms. The van der Waals surface area contributed by atoms with Crippen molar-refractivity contribution in [2.45, 2.75) is 18.4 Å². The van der Waals surface area contributed by atoms with Crippen LogP contribution in [0.25, 0.3) is 10.8 Å². The molecule has 1 fully saturated rings. The number of aromatic nitrogens is 2. The molecule has 2 atom stereocenters. The van der Waals surface area contributed by atoms with E-state index in [0.717, 1.165) is 12.0 Å². The molecule has 0 aliphatic carbocycles. The van der Waals surface area contributed by atoms with Gasteiger partial charge in [0.05, 0.1) is 6.10 Å². The largest absolute Gasteiger partial charge is 0.391 e. The number of hydrogen-bond donors (Lipinski definition) is 1. The Morgan fingerprint density at radius 1 is 1.12 bits per heavy atom. The third-order valence-electron chi connectivity index (χ3n) is 4.87. The van der Waals surface area contributed by atoms with Crippen molar-refractivity contribution in [2.75, 3.05) is 13.1 Å². The predicted molar refractivity (Wildman–Crippen MR) is 95.2 cm³/mol. The first-order chi connectivity index (χ1) is 12.2. The number of benzene rings is 2. The van der Waals surface area contributed by atoms with E-state index >= 15 is 0 Å². The number of aliphatic hydroxyl groups is 1. The van der Waals surface area contributed by atoms with Crippen LogP contribution < -0.4 is 0 Å². The fraction of sp³-hybridized carbons (Fsp3) is 0.250. The summed E-state index contributed by atoms with van der Waals surface area (Å²) >= 11 is 0. The summed E-state index contributed by atoms with van der Waals surface area (Å²) in [6.07, 6.45) is 3.07. The second kappa shape index (κ2) is 6.61. The Kier molecular flexibility index (Phi) is 4.15. The van der Waals surface area contributed by atoms with E-state index in [-0.39, 0.29) is 11.8 Å². The van der Waals surface area contributed by atoms with Gasteiger partial charge in [-0.15, -0.1) is 0 Å². The molecule has 4 rings (SSSR count). The third kappa shape index (κ3) is 3.10. The number of likely N-dealkylation sites (tertiary alicyclic amines) is 1. The highest BCUT2D eigenvalue weighted by Gasteiger charge is 2.32. The van der Waals surface area contributed by atoms with Crippen LogP contribution in [0.1, 0.15) is 28.4 Å². The Hall–Kier alpha value is -2.79. The molecular weight excluding hydrogens is 314 g/mol. The molecule has 1 aliphatic rings. The zero-order chi connectivity index (χ0) is 17.2. The molecule has 0 bridgehead atoms. The van der Waals surface area contributed by atoms with Crippen molar-refractivity contribution in [3.05, 3.63) is 72.3 Å². The molecule has 1 N–H and O–H groups in total. The van der Waals surface area contributed by atoms with Crippen molar-refractivity contribution < 1.29 is 9.90 Å². The quantitative estimate of drug-likeness (QED) is 0.783.